The fourth-order valence-electron chi connectivity index (χ4n) is 1.97. The molecule has 4 N–H and O–H groups in total. The predicted octanol–water partition coefficient (Wildman–Crippen LogP) is 1.29. The van der Waals surface area contributed by atoms with Gasteiger partial charge in [0.25, 0.3) is 0 Å². The number of nitrogens with two attached hydrogens (primary N) is 1. The van der Waals surface area contributed by atoms with Crippen LogP contribution in [-0.2, 0) is 16.0 Å². The standard InChI is InChI=1S/C16H25FN4O2.HI/c1-3-19-16(20-8-9-23-2)21-11-13(15(18)22)10-12-4-6-14(17)7-5-12;/h4-7,13H,3,8-11H2,1-2H3,(H2,18,22)(H2,19,20,21);1H. The highest BCUT2D eigenvalue weighted by atomic mass is 127. The minimum absolute atomic E-state index is 0. The van der Waals surface area contributed by atoms with Crippen molar-refractivity contribution in [1.29, 1.82) is 0 Å². The largest absolute Gasteiger partial charge is 0.383 e. The van der Waals surface area contributed by atoms with Crippen LogP contribution in [0, 0.1) is 11.7 Å². The molecule has 1 aromatic carbocycles. The van der Waals surface area contributed by atoms with Gasteiger partial charge in [-0.2, -0.15) is 0 Å². The van der Waals surface area contributed by atoms with Crippen LogP contribution in [0.2, 0.25) is 0 Å². The average molecular weight is 452 g/mol. The maximum atomic E-state index is 12.9. The Morgan fingerprint density at radius 3 is 2.54 bits per heavy atom. The molecule has 1 aromatic rings. The summed E-state index contributed by atoms with van der Waals surface area (Å²) in [4.78, 5) is 16.0. The first kappa shape index (κ1) is 22.6. The van der Waals surface area contributed by atoms with E-state index in [1.165, 1.54) is 12.1 Å². The number of amides is 1. The molecule has 0 aromatic heterocycles. The van der Waals surface area contributed by atoms with E-state index in [1.54, 1.807) is 19.2 Å². The molecule has 1 unspecified atom stereocenters. The first-order valence-corrected chi connectivity index (χ1v) is 7.61. The Bertz CT molecular complexity index is 511. The summed E-state index contributed by atoms with van der Waals surface area (Å²) in [6.07, 6.45) is 0.427. The van der Waals surface area contributed by atoms with Crippen LogP contribution in [-0.4, -0.2) is 45.2 Å². The second kappa shape index (κ2) is 12.9. The van der Waals surface area contributed by atoms with E-state index in [0.29, 0.717) is 32.1 Å². The Balaban J connectivity index is 0.00000529. The van der Waals surface area contributed by atoms with Crippen molar-refractivity contribution >= 4 is 35.8 Å². The zero-order valence-corrected chi connectivity index (χ0v) is 16.4. The van der Waals surface area contributed by atoms with Crippen LogP contribution >= 0.6 is 24.0 Å². The van der Waals surface area contributed by atoms with E-state index in [2.05, 4.69) is 15.6 Å². The molecular formula is C16H26FIN4O2. The van der Waals surface area contributed by atoms with Gasteiger partial charge in [0.1, 0.15) is 5.82 Å². The smallest absolute Gasteiger partial charge is 0.222 e. The Labute approximate surface area is 159 Å². The zero-order chi connectivity index (χ0) is 17.1. The highest BCUT2D eigenvalue weighted by Gasteiger charge is 2.16. The van der Waals surface area contributed by atoms with Crippen molar-refractivity contribution in [2.45, 2.75) is 13.3 Å². The van der Waals surface area contributed by atoms with E-state index in [0.717, 1.165) is 5.56 Å². The number of primary amides is 1. The zero-order valence-electron chi connectivity index (χ0n) is 14.0. The second-order valence-corrected chi connectivity index (χ2v) is 5.07. The van der Waals surface area contributed by atoms with Crippen molar-refractivity contribution in [3.63, 3.8) is 0 Å². The minimum Gasteiger partial charge on any atom is -0.383 e. The molecule has 0 saturated heterocycles. The lowest BCUT2D eigenvalue weighted by Gasteiger charge is -2.14. The van der Waals surface area contributed by atoms with Gasteiger partial charge in [0.05, 0.1) is 19.1 Å². The molecule has 1 rings (SSSR count). The summed E-state index contributed by atoms with van der Waals surface area (Å²) in [6.45, 7) is 4.09. The van der Waals surface area contributed by atoms with E-state index < -0.39 is 11.8 Å². The molecule has 6 nitrogen and oxygen atoms in total. The molecule has 0 spiro atoms. The number of hydrogen-bond donors (Lipinski definition) is 3. The third-order valence-electron chi connectivity index (χ3n) is 3.21. The molecule has 1 atom stereocenters. The molecule has 0 saturated carbocycles. The topological polar surface area (TPSA) is 88.7 Å². The molecular weight excluding hydrogens is 426 g/mol. The fraction of sp³-hybridized carbons (Fsp3) is 0.500. The number of methoxy groups -OCH3 is 1. The number of halogens is 2. The molecule has 0 heterocycles. The molecule has 136 valence electrons. The maximum absolute atomic E-state index is 12.9. The van der Waals surface area contributed by atoms with E-state index >= 15 is 0 Å². The number of hydrogen-bond acceptors (Lipinski definition) is 3. The van der Waals surface area contributed by atoms with Gasteiger partial charge < -0.3 is 21.1 Å². The summed E-state index contributed by atoms with van der Waals surface area (Å²) in [5, 5.41) is 6.19. The van der Waals surface area contributed by atoms with E-state index in [4.69, 9.17) is 10.5 Å². The normalized spacial score (nSPS) is 12.2. The number of benzene rings is 1. The molecule has 0 aliphatic rings. The van der Waals surface area contributed by atoms with Crippen molar-refractivity contribution in [2.24, 2.45) is 16.6 Å². The van der Waals surface area contributed by atoms with Gasteiger partial charge in [0, 0.05) is 20.2 Å². The van der Waals surface area contributed by atoms with Gasteiger partial charge in [-0.15, -0.1) is 24.0 Å². The highest BCUT2D eigenvalue weighted by molar-refractivity contribution is 14.0. The highest BCUT2D eigenvalue weighted by Crippen LogP contribution is 2.10. The number of aliphatic imine (C=N–C) groups is 1. The Morgan fingerprint density at radius 1 is 1.33 bits per heavy atom. The van der Waals surface area contributed by atoms with Crippen LogP contribution in [0.4, 0.5) is 4.39 Å². The summed E-state index contributed by atoms with van der Waals surface area (Å²) in [5.74, 6) is -0.571. The molecule has 0 fully saturated rings. The van der Waals surface area contributed by atoms with Crippen molar-refractivity contribution in [3.05, 3.63) is 35.6 Å². The lowest BCUT2D eigenvalue weighted by molar-refractivity contribution is -0.121. The van der Waals surface area contributed by atoms with Crippen LogP contribution in [0.25, 0.3) is 0 Å². The van der Waals surface area contributed by atoms with Crippen LogP contribution in [0.1, 0.15) is 12.5 Å². The first-order chi connectivity index (χ1) is 11.1. The van der Waals surface area contributed by atoms with E-state index in [9.17, 15) is 9.18 Å². The molecule has 24 heavy (non-hydrogen) atoms. The van der Waals surface area contributed by atoms with E-state index in [1.807, 2.05) is 6.92 Å². The van der Waals surface area contributed by atoms with Crippen LogP contribution in [0.15, 0.2) is 29.3 Å². The fourth-order valence-corrected chi connectivity index (χ4v) is 1.97. The van der Waals surface area contributed by atoms with Gasteiger partial charge in [0.2, 0.25) is 5.91 Å². The average Bonchev–Trinajstić information content (AvgIpc) is 2.53. The SMILES string of the molecule is CCNC(=NCC(Cc1ccc(F)cc1)C(N)=O)NCCOC.I. The lowest BCUT2D eigenvalue weighted by Crippen LogP contribution is -2.40. The van der Waals surface area contributed by atoms with Gasteiger partial charge >= 0.3 is 0 Å². The van der Waals surface area contributed by atoms with E-state index in [-0.39, 0.29) is 36.3 Å². The summed E-state index contributed by atoms with van der Waals surface area (Å²) in [7, 11) is 1.62. The Hall–Kier alpha value is -1.42. The van der Waals surface area contributed by atoms with Crippen molar-refractivity contribution in [2.75, 3.05) is 33.4 Å². The third kappa shape index (κ3) is 9.02. The van der Waals surface area contributed by atoms with Crippen molar-refractivity contribution < 1.29 is 13.9 Å². The van der Waals surface area contributed by atoms with Crippen LogP contribution < -0.4 is 16.4 Å². The minimum atomic E-state index is -0.446. The molecule has 0 radical (unpaired) electrons. The van der Waals surface area contributed by atoms with Crippen molar-refractivity contribution in [3.8, 4) is 0 Å². The monoisotopic (exact) mass is 452 g/mol. The van der Waals surface area contributed by atoms with Crippen LogP contribution in [0.3, 0.4) is 0 Å². The first-order valence-electron chi connectivity index (χ1n) is 7.61. The van der Waals surface area contributed by atoms with Gasteiger partial charge in [-0.25, -0.2) is 4.39 Å². The molecule has 8 heteroatoms. The summed E-state index contributed by atoms with van der Waals surface area (Å²) >= 11 is 0. The molecule has 0 aliphatic heterocycles. The molecule has 0 bridgehead atoms. The number of nitrogens with zero attached hydrogens (tertiary/aromatic N) is 1. The number of nitrogens with one attached hydrogen (secondary N) is 2. The Kier molecular flexibility index (Phi) is 12.2. The lowest BCUT2D eigenvalue weighted by atomic mass is 9.99. The number of carbonyl (C=O) groups excluding carboxylic acids is 1. The second-order valence-electron chi connectivity index (χ2n) is 5.07. The molecule has 1 amide bonds. The maximum Gasteiger partial charge on any atom is 0.222 e. The van der Waals surface area contributed by atoms with Crippen molar-refractivity contribution in [1.82, 2.24) is 10.6 Å². The van der Waals surface area contributed by atoms with Gasteiger partial charge in [-0.1, -0.05) is 12.1 Å². The number of ether oxygens (including phenoxy) is 1. The van der Waals surface area contributed by atoms with Gasteiger partial charge in [-0.05, 0) is 31.0 Å². The number of guanidine groups is 1. The molecule has 0 aliphatic carbocycles. The predicted molar refractivity (Wildman–Crippen MR) is 104 cm³/mol. The van der Waals surface area contributed by atoms with Gasteiger partial charge in [-0.3, -0.25) is 9.79 Å². The Morgan fingerprint density at radius 2 is 2.00 bits per heavy atom. The third-order valence-corrected chi connectivity index (χ3v) is 3.21. The number of rotatable bonds is 9. The van der Waals surface area contributed by atoms with Crippen LogP contribution in [0.5, 0.6) is 0 Å². The summed E-state index contributed by atoms with van der Waals surface area (Å²) in [6, 6.07) is 6.04. The summed E-state index contributed by atoms with van der Waals surface area (Å²) < 4.78 is 17.9. The summed E-state index contributed by atoms with van der Waals surface area (Å²) in [5.41, 5.74) is 6.30. The quantitative estimate of drug-likeness (QED) is 0.228. The number of carbonyl (C=O) groups is 1. The van der Waals surface area contributed by atoms with Gasteiger partial charge in [0.15, 0.2) is 5.96 Å².